The molecule has 1 fully saturated rings. The minimum atomic E-state index is 0.0658. The lowest BCUT2D eigenvalue weighted by Crippen LogP contribution is -2.39. The molecule has 1 aliphatic rings. The molecule has 0 unspecified atom stereocenters. The molecule has 1 aliphatic carbocycles. The zero-order valence-corrected chi connectivity index (χ0v) is 13.2. The number of amides is 1. The van der Waals surface area contributed by atoms with Crippen molar-refractivity contribution in [3.8, 4) is 0 Å². The number of hydrogen-bond acceptors (Lipinski definition) is 1. The number of halogens is 1. The molecule has 0 spiro atoms. The second-order valence-electron chi connectivity index (χ2n) is 5.92. The van der Waals surface area contributed by atoms with E-state index < -0.39 is 0 Å². The van der Waals surface area contributed by atoms with Crippen LogP contribution in [-0.2, 0) is 0 Å². The van der Waals surface area contributed by atoms with Gasteiger partial charge >= 0.3 is 0 Å². The Bertz CT molecular complexity index is 415. The molecule has 0 atom stereocenters. The van der Waals surface area contributed by atoms with Gasteiger partial charge in [-0.2, -0.15) is 0 Å². The maximum atomic E-state index is 12.1. The van der Waals surface area contributed by atoms with Crippen LogP contribution in [-0.4, -0.2) is 11.9 Å². The van der Waals surface area contributed by atoms with Gasteiger partial charge in [-0.15, -0.1) is 0 Å². The van der Waals surface area contributed by atoms with Crippen LogP contribution >= 0.6 is 22.6 Å². The van der Waals surface area contributed by atoms with E-state index in [4.69, 9.17) is 0 Å². The summed E-state index contributed by atoms with van der Waals surface area (Å²) in [7, 11) is 0. The van der Waals surface area contributed by atoms with Gasteiger partial charge in [-0.1, -0.05) is 13.8 Å². The van der Waals surface area contributed by atoms with Crippen LogP contribution in [0, 0.1) is 8.99 Å². The van der Waals surface area contributed by atoms with E-state index in [9.17, 15) is 4.79 Å². The van der Waals surface area contributed by atoms with Gasteiger partial charge in [-0.25, -0.2) is 0 Å². The van der Waals surface area contributed by atoms with Gasteiger partial charge in [0.05, 0.1) is 0 Å². The van der Waals surface area contributed by atoms with Crippen molar-refractivity contribution >= 4 is 28.5 Å². The molecule has 0 bridgehead atoms. The van der Waals surface area contributed by atoms with Crippen LogP contribution in [0.1, 0.15) is 49.9 Å². The van der Waals surface area contributed by atoms with Gasteiger partial charge in [0.15, 0.2) is 0 Å². The molecule has 2 nitrogen and oxygen atoms in total. The Morgan fingerprint density at radius 2 is 1.78 bits per heavy atom. The molecule has 0 saturated heterocycles. The average molecular weight is 357 g/mol. The van der Waals surface area contributed by atoms with Gasteiger partial charge < -0.3 is 5.32 Å². The molecular formula is C15H20INO. The van der Waals surface area contributed by atoms with Crippen molar-refractivity contribution < 1.29 is 4.79 Å². The van der Waals surface area contributed by atoms with Crippen LogP contribution < -0.4 is 5.32 Å². The molecule has 0 aliphatic heterocycles. The molecule has 98 valence electrons. The first-order valence-corrected chi connectivity index (χ1v) is 7.61. The minimum absolute atomic E-state index is 0.0658. The highest BCUT2D eigenvalue weighted by Crippen LogP contribution is 2.35. The fourth-order valence-corrected chi connectivity index (χ4v) is 2.77. The van der Waals surface area contributed by atoms with Gasteiger partial charge in [0, 0.05) is 15.2 Å². The summed E-state index contributed by atoms with van der Waals surface area (Å²) in [6.45, 7) is 4.62. The largest absolute Gasteiger partial charge is 0.349 e. The SMILES string of the molecule is CC1(C)CCC(NC(=O)c2ccc(I)cc2)CC1. The summed E-state index contributed by atoms with van der Waals surface area (Å²) in [5.41, 5.74) is 1.21. The molecule has 0 heterocycles. The highest BCUT2D eigenvalue weighted by Gasteiger charge is 2.27. The molecule has 1 aromatic carbocycles. The van der Waals surface area contributed by atoms with E-state index in [1.807, 2.05) is 24.3 Å². The van der Waals surface area contributed by atoms with Crippen LogP contribution in [0.25, 0.3) is 0 Å². The Labute approximate surface area is 123 Å². The van der Waals surface area contributed by atoms with Crippen LogP contribution in [0.3, 0.4) is 0 Å². The molecule has 18 heavy (non-hydrogen) atoms. The fourth-order valence-electron chi connectivity index (χ4n) is 2.41. The summed E-state index contributed by atoms with van der Waals surface area (Å²) in [6, 6.07) is 8.08. The van der Waals surface area contributed by atoms with Crippen molar-refractivity contribution in [3.05, 3.63) is 33.4 Å². The third kappa shape index (κ3) is 3.70. The summed E-state index contributed by atoms with van der Waals surface area (Å²) in [5, 5.41) is 3.15. The molecule has 1 saturated carbocycles. The lowest BCUT2D eigenvalue weighted by Gasteiger charge is -2.34. The molecule has 0 radical (unpaired) electrons. The molecule has 0 aromatic heterocycles. The quantitative estimate of drug-likeness (QED) is 0.797. The minimum Gasteiger partial charge on any atom is -0.349 e. The molecule has 3 heteroatoms. The van der Waals surface area contributed by atoms with Gasteiger partial charge in [-0.3, -0.25) is 4.79 Å². The normalized spacial score (nSPS) is 19.5. The van der Waals surface area contributed by atoms with Crippen molar-refractivity contribution in [2.75, 3.05) is 0 Å². The van der Waals surface area contributed by atoms with Crippen LogP contribution in [0.15, 0.2) is 24.3 Å². The topological polar surface area (TPSA) is 29.1 Å². The third-order valence-electron chi connectivity index (χ3n) is 3.78. The highest BCUT2D eigenvalue weighted by molar-refractivity contribution is 14.1. The second-order valence-corrected chi connectivity index (χ2v) is 7.16. The number of rotatable bonds is 2. The predicted molar refractivity (Wildman–Crippen MR) is 82.7 cm³/mol. The summed E-state index contributed by atoms with van der Waals surface area (Å²) < 4.78 is 1.16. The molecule has 2 rings (SSSR count). The second kappa shape index (κ2) is 5.59. The van der Waals surface area contributed by atoms with Crippen molar-refractivity contribution in [1.82, 2.24) is 5.32 Å². The monoisotopic (exact) mass is 357 g/mol. The Kier molecular flexibility index (Phi) is 4.30. The molecule has 1 aromatic rings. The van der Waals surface area contributed by atoms with E-state index in [0.717, 1.165) is 22.0 Å². The van der Waals surface area contributed by atoms with E-state index in [1.165, 1.54) is 12.8 Å². The number of nitrogens with one attached hydrogen (secondary N) is 1. The van der Waals surface area contributed by atoms with E-state index in [-0.39, 0.29) is 5.91 Å². The first kappa shape index (κ1) is 13.8. The molecule has 1 N–H and O–H groups in total. The summed E-state index contributed by atoms with van der Waals surface area (Å²) in [6.07, 6.45) is 4.60. The van der Waals surface area contributed by atoms with Crippen molar-refractivity contribution in [2.24, 2.45) is 5.41 Å². The number of benzene rings is 1. The summed E-state index contributed by atoms with van der Waals surface area (Å²) in [4.78, 5) is 12.1. The Hall–Kier alpha value is -0.580. The van der Waals surface area contributed by atoms with E-state index in [1.54, 1.807) is 0 Å². The zero-order chi connectivity index (χ0) is 13.2. The van der Waals surface area contributed by atoms with Gasteiger partial charge in [0.25, 0.3) is 5.91 Å². The van der Waals surface area contributed by atoms with Crippen molar-refractivity contribution in [2.45, 2.75) is 45.6 Å². The third-order valence-corrected chi connectivity index (χ3v) is 4.50. The number of carbonyl (C=O) groups excluding carboxylic acids is 1. The zero-order valence-electron chi connectivity index (χ0n) is 11.0. The summed E-state index contributed by atoms with van der Waals surface area (Å²) >= 11 is 2.25. The Morgan fingerprint density at radius 3 is 2.33 bits per heavy atom. The standard InChI is InChI=1S/C15H20INO/c1-15(2)9-7-13(8-10-15)17-14(18)11-3-5-12(16)6-4-11/h3-6,13H,7-10H2,1-2H3,(H,17,18). The van der Waals surface area contributed by atoms with Gasteiger partial charge in [-0.05, 0) is 78.0 Å². The Morgan fingerprint density at radius 1 is 1.22 bits per heavy atom. The predicted octanol–water partition coefficient (Wildman–Crippen LogP) is 3.99. The summed E-state index contributed by atoms with van der Waals surface area (Å²) in [5.74, 6) is 0.0658. The average Bonchev–Trinajstić information content (AvgIpc) is 2.33. The lowest BCUT2D eigenvalue weighted by molar-refractivity contribution is 0.0909. The van der Waals surface area contributed by atoms with Crippen LogP contribution in [0.2, 0.25) is 0 Å². The first-order chi connectivity index (χ1) is 8.46. The maximum absolute atomic E-state index is 12.1. The van der Waals surface area contributed by atoms with Crippen LogP contribution in [0.4, 0.5) is 0 Å². The van der Waals surface area contributed by atoms with Gasteiger partial charge in [0.2, 0.25) is 0 Å². The van der Waals surface area contributed by atoms with Crippen molar-refractivity contribution in [3.63, 3.8) is 0 Å². The maximum Gasteiger partial charge on any atom is 0.251 e. The first-order valence-electron chi connectivity index (χ1n) is 6.53. The lowest BCUT2D eigenvalue weighted by atomic mass is 9.75. The number of carbonyl (C=O) groups is 1. The molecular weight excluding hydrogens is 337 g/mol. The Balaban J connectivity index is 1.90. The highest BCUT2D eigenvalue weighted by atomic mass is 127. The fraction of sp³-hybridized carbons (Fsp3) is 0.533. The van der Waals surface area contributed by atoms with E-state index >= 15 is 0 Å². The van der Waals surface area contributed by atoms with Gasteiger partial charge in [0.1, 0.15) is 0 Å². The van der Waals surface area contributed by atoms with E-state index in [2.05, 4.69) is 41.8 Å². The van der Waals surface area contributed by atoms with Crippen molar-refractivity contribution in [1.29, 1.82) is 0 Å². The number of hydrogen-bond donors (Lipinski definition) is 1. The smallest absolute Gasteiger partial charge is 0.251 e. The van der Waals surface area contributed by atoms with Crippen LogP contribution in [0.5, 0.6) is 0 Å². The van der Waals surface area contributed by atoms with E-state index in [0.29, 0.717) is 11.5 Å². The molecule has 1 amide bonds.